The van der Waals surface area contributed by atoms with E-state index in [-0.39, 0.29) is 5.25 Å². The Morgan fingerprint density at radius 3 is 2.71 bits per heavy atom. The topological polar surface area (TPSA) is 68.0 Å². The number of rotatable bonds is 4. The molecule has 0 saturated heterocycles. The second-order valence-corrected chi connectivity index (χ2v) is 4.46. The van der Waals surface area contributed by atoms with Crippen molar-refractivity contribution in [3.63, 3.8) is 0 Å². The molecule has 0 fully saturated rings. The van der Waals surface area contributed by atoms with Crippen LogP contribution in [0.25, 0.3) is 0 Å². The summed E-state index contributed by atoms with van der Waals surface area (Å²) < 4.78 is 1.63. The maximum absolute atomic E-state index is 10.7. The summed E-state index contributed by atoms with van der Waals surface area (Å²) in [5.41, 5.74) is 0. The van der Waals surface area contributed by atoms with Gasteiger partial charge >= 0.3 is 5.97 Å². The molecular formula is C8H13N3O2S. The summed E-state index contributed by atoms with van der Waals surface area (Å²) in [6.07, 6.45) is 1.46. The Morgan fingerprint density at radius 1 is 1.64 bits per heavy atom. The predicted molar refractivity (Wildman–Crippen MR) is 53.1 cm³/mol. The largest absolute Gasteiger partial charge is 0.481 e. The smallest absolute Gasteiger partial charge is 0.307 e. The van der Waals surface area contributed by atoms with Crippen LogP contribution in [-0.2, 0) is 11.8 Å². The molecule has 6 heteroatoms. The highest BCUT2D eigenvalue weighted by atomic mass is 32.2. The summed E-state index contributed by atoms with van der Waals surface area (Å²) >= 11 is 1.42. The molecule has 0 aromatic carbocycles. The van der Waals surface area contributed by atoms with Gasteiger partial charge in [-0.2, -0.15) is 5.10 Å². The van der Waals surface area contributed by atoms with Gasteiger partial charge in [0.05, 0.1) is 5.92 Å². The van der Waals surface area contributed by atoms with Gasteiger partial charge < -0.3 is 5.11 Å². The molecule has 1 aromatic heterocycles. The standard InChI is InChI=1S/C8H13N3O2S/c1-5(7(12)13)6(2)14-8-9-4-10-11(8)3/h4-6H,1-3H3,(H,12,13). The van der Waals surface area contributed by atoms with Crippen molar-refractivity contribution in [1.82, 2.24) is 14.8 Å². The van der Waals surface area contributed by atoms with Gasteiger partial charge in [0.1, 0.15) is 6.33 Å². The zero-order valence-corrected chi connectivity index (χ0v) is 9.15. The van der Waals surface area contributed by atoms with Gasteiger partial charge in [0.2, 0.25) is 0 Å². The highest BCUT2D eigenvalue weighted by molar-refractivity contribution is 7.99. The molecule has 0 radical (unpaired) electrons. The van der Waals surface area contributed by atoms with E-state index >= 15 is 0 Å². The van der Waals surface area contributed by atoms with Gasteiger partial charge in [0.25, 0.3) is 0 Å². The second-order valence-electron chi connectivity index (χ2n) is 3.12. The zero-order chi connectivity index (χ0) is 10.7. The summed E-state index contributed by atoms with van der Waals surface area (Å²) in [4.78, 5) is 14.7. The van der Waals surface area contributed by atoms with Crippen molar-refractivity contribution in [3.05, 3.63) is 6.33 Å². The van der Waals surface area contributed by atoms with Gasteiger partial charge in [0, 0.05) is 12.3 Å². The van der Waals surface area contributed by atoms with Crippen molar-refractivity contribution in [2.24, 2.45) is 13.0 Å². The Morgan fingerprint density at radius 2 is 2.29 bits per heavy atom. The van der Waals surface area contributed by atoms with Crippen LogP contribution in [0.2, 0.25) is 0 Å². The summed E-state index contributed by atoms with van der Waals surface area (Å²) in [5.74, 6) is -1.18. The van der Waals surface area contributed by atoms with Gasteiger partial charge in [-0.05, 0) is 0 Å². The van der Waals surface area contributed by atoms with Crippen LogP contribution in [0.4, 0.5) is 0 Å². The molecule has 5 nitrogen and oxygen atoms in total. The number of nitrogens with zero attached hydrogens (tertiary/aromatic N) is 3. The van der Waals surface area contributed by atoms with E-state index in [2.05, 4.69) is 10.1 Å². The van der Waals surface area contributed by atoms with E-state index in [4.69, 9.17) is 5.11 Å². The monoisotopic (exact) mass is 215 g/mol. The number of carboxylic acid groups (broad SMARTS) is 1. The number of aryl methyl sites for hydroxylation is 1. The average Bonchev–Trinajstić information content (AvgIpc) is 2.50. The molecule has 0 bridgehead atoms. The third-order valence-electron chi connectivity index (χ3n) is 2.05. The normalized spacial score (nSPS) is 15.1. The number of aliphatic carboxylic acids is 1. The lowest BCUT2D eigenvalue weighted by atomic mass is 10.1. The van der Waals surface area contributed by atoms with Crippen LogP contribution in [0.15, 0.2) is 11.5 Å². The number of hydrogen-bond acceptors (Lipinski definition) is 4. The van der Waals surface area contributed by atoms with E-state index in [0.717, 1.165) is 5.16 Å². The lowest BCUT2D eigenvalue weighted by Crippen LogP contribution is -2.20. The molecule has 1 heterocycles. The Balaban J connectivity index is 2.61. The van der Waals surface area contributed by atoms with Gasteiger partial charge in [-0.1, -0.05) is 25.6 Å². The highest BCUT2D eigenvalue weighted by Crippen LogP contribution is 2.25. The van der Waals surface area contributed by atoms with Crippen molar-refractivity contribution in [2.75, 3.05) is 0 Å². The van der Waals surface area contributed by atoms with Gasteiger partial charge in [-0.25, -0.2) is 9.67 Å². The highest BCUT2D eigenvalue weighted by Gasteiger charge is 2.21. The number of thioether (sulfide) groups is 1. The summed E-state index contributed by atoms with van der Waals surface area (Å²) in [7, 11) is 1.79. The molecule has 0 aliphatic rings. The quantitative estimate of drug-likeness (QED) is 0.759. The van der Waals surface area contributed by atoms with E-state index in [1.165, 1.54) is 18.1 Å². The first-order valence-corrected chi connectivity index (χ1v) is 5.13. The molecule has 0 aliphatic carbocycles. The Hall–Kier alpha value is -1.04. The minimum absolute atomic E-state index is 0.0181. The number of hydrogen-bond donors (Lipinski definition) is 1. The van der Waals surface area contributed by atoms with Gasteiger partial charge in [0.15, 0.2) is 5.16 Å². The van der Waals surface area contributed by atoms with E-state index in [0.29, 0.717) is 0 Å². The zero-order valence-electron chi connectivity index (χ0n) is 8.34. The third kappa shape index (κ3) is 2.47. The van der Waals surface area contributed by atoms with Gasteiger partial charge in [-0.3, -0.25) is 4.79 Å². The molecule has 0 spiro atoms. The first-order chi connectivity index (χ1) is 6.52. The van der Waals surface area contributed by atoms with Crippen LogP contribution in [-0.4, -0.2) is 31.1 Å². The van der Waals surface area contributed by atoms with Crippen molar-refractivity contribution in [1.29, 1.82) is 0 Å². The summed E-state index contributed by atoms with van der Waals surface area (Å²) in [6, 6.07) is 0. The first-order valence-electron chi connectivity index (χ1n) is 4.26. The fourth-order valence-electron chi connectivity index (χ4n) is 0.861. The van der Waals surface area contributed by atoms with E-state index < -0.39 is 11.9 Å². The fraction of sp³-hybridized carbons (Fsp3) is 0.625. The molecular weight excluding hydrogens is 202 g/mol. The molecule has 14 heavy (non-hydrogen) atoms. The Kier molecular flexibility index (Phi) is 3.51. The molecule has 1 rings (SSSR count). The molecule has 0 amide bonds. The Labute approximate surface area is 86.5 Å². The molecule has 1 N–H and O–H groups in total. The lowest BCUT2D eigenvalue weighted by molar-refractivity contribution is -0.140. The molecule has 2 atom stereocenters. The van der Waals surface area contributed by atoms with Gasteiger partial charge in [-0.15, -0.1) is 0 Å². The fourth-order valence-corrected chi connectivity index (χ4v) is 1.82. The van der Waals surface area contributed by atoms with E-state index in [1.54, 1.807) is 18.7 Å². The minimum atomic E-state index is -0.785. The van der Waals surface area contributed by atoms with Crippen LogP contribution < -0.4 is 0 Å². The van der Waals surface area contributed by atoms with Crippen molar-refractivity contribution in [3.8, 4) is 0 Å². The lowest BCUT2D eigenvalue weighted by Gasteiger charge is -2.13. The Bertz CT molecular complexity index is 326. The maximum Gasteiger partial charge on any atom is 0.307 e. The van der Waals surface area contributed by atoms with Crippen LogP contribution in [0.5, 0.6) is 0 Å². The van der Waals surface area contributed by atoms with Crippen molar-refractivity contribution in [2.45, 2.75) is 24.3 Å². The third-order valence-corrected chi connectivity index (χ3v) is 3.42. The average molecular weight is 215 g/mol. The summed E-state index contributed by atoms with van der Waals surface area (Å²) in [5, 5.41) is 13.4. The van der Waals surface area contributed by atoms with Crippen LogP contribution >= 0.6 is 11.8 Å². The van der Waals surface area contributed by atoms with Crippen molar-refractivity contribution >= 4 is 17.7 Å². The number of carbonyl (C=O) groups is 1. The van der Waals surface area contributed by atoms with E-state index in [1.807, 2.05) is 6.92 Å². The van der Waals surface area contributed by atoms with E-state index in [9.17, 15) is 4.79 Å². The maximum atomic E-state index is 10.7. The molecule has 2 unspecified atom stereocenters. The predicted octanol–water partition coefficient (Wildman–Crippen LogP) is 1.02. The molecule has 0 saturated carbocycles. The first kappa shape index (κ1) is 11.0. The molecule has 0 aliphatic heterocycles. The van der Waals surface area contributed by atoms with Crippen LogP contribution in [0, 0.1) is 5.92 Å². The molecule has 78 valence electrons. The van der Waals surface area contributed by atoms with Crippen molar-refractivity contribution < 1.29 is 9.90 Å². The number of carboxylic acids is 1. The minimum Gasteiger partial charge on any atom is -0.481 e. The van der Waals surface area contributed by atoms with Crippen LogP contribution in [0.3, 0.4) is 0 Å². The SMILES string of the molecule is CC(Sc1ncnn1C)C(C)C(=O)O. The molecule has 1 aromatic rings. The summed E-state index contributed by atoms with van der Waals surface area (Å²) in [6.45, 7) is 3.56. The van der Waals surface area contributed by atoms with Crippen LogP contribution in [0.1, 0.15) is 13.8 Å². The number of aromatic nitrogens is 3. The second kappa shape index (κ2) is 4.45.